The van der Waals surface area contributed by atoms with Crippen LogP contribution < -0.4 is 20.1 Å². The van der Waals surface area contributed by atoms with Gasteiger partial charge in [-0.2, -0.15) is 0 Å². The van der Waals surface area contributed by atoms with Gasteiger partial charge in [0, 0.05) is 30.9 Å². The Morgan fingerprint density at radius 1 is 1.07 bits per heavy atom. The topological polar surface area (TPSA) is 72.1 Å². The van der Waals surface area contributed by atoms with E-state index in [1.165, 1.54) is 0 Å². The Bertz CT molecular complexity index is 867. The van der Waals surface area contributed by atoms with E-state index in [0.717, 1.165) is 17.7 Å². The summed E-state index contributed by atoms with van der Waals surface area (Å²) in [6.07, 6.45) is 0.787. The lowest BCUT2D eigenvalue weighted by atomic mass is 10.1. The van der Waals surface area contributed by atoms with Crippen molar-refractivity contribution in [1.29, 1.82) is 0 Å². The molecule has 2 N–H and O–H groups in total. The Kier molecular flexibility index (Phi) is 7.87. The number of thiocarbonyl (C=S) groups is 1. The van der Waals surface area contributed by atoms with Crippen molar-refractivity contribution in [3.05, 3.63) is 53.6 Å². The van der Waals surface area contributed by atoms with Crippen molar-refractivity contribution in [2.24, 2.45) is 0 Å². The van der Waals surface area contributed by atoms with Crippen LogP contribution in [-0.4, -0.2) is 63.0 Å². The Hall–Kier alpha value is -2.84. The lowest BCUT2D eigenvalue weighted by molar-refractivity contribution is 0.0303. The summed E-state index contributed by atoms with van der Waals surface area (Å²) >= 11 is 5.37. The van der Waals surface area contributed by atoms with E-state index >= 15 is 0 Å². The molecular weight excluding hydrogens is 402 g/mol. The Labute approximate surface area is 182 Å². The molecule has 7 nitrogen and oxygen atoms in total. The molecule has 1 amide bonds. The second-order valence-corrected chi connectivity index (χ2v) is 7.21. The summed E-state index contributed by atoms with van der Waals surface area (Å²) in [6.45, 7) is 3.12. The molecule has 0 aromatic heterocycles. The molecule has 2 aromatic rings. The molecule has 0 atom stereocenters. The molecule has 1 fully saturated rings. The molecule has 160 valence electrons. The lowest BCUT2D eigenvalue weighted by Gasteiger charge is -2.26. The van der Waals surface area contributed by atoms with E-state index in [-0.39, 0.29) is 5.91 Å². The number of hydrogen-bond donors (Lipinski definition) is 2. The number of ether oxygens (including phenoxy) is 3. The van der Waals surface area contributed by atoms with Gasteiger partial charge < -0.3 is 29.7 Å². The molecule has 1 aliphatic rings. The number of anilines is 1. The molecule has 0 aliphatic carbocycles. The summed E-state index contributed by atoms with van der Waals surface area (Å²) in [5.74, 6) is 1.45. The van der Waals surface area contributed by atoms with Crippen molar-refractivity contribution in [3.63, 3.8) is 0 Å². The third-order valence-corrected chi connectivity index (χ3v) is 5.08. The van der Waals surface area contributed by atoms with Gasteiger partial charge in [0.25, 0.3) is 5.91 Å². The minimum atomic E-state index is 0.0282. The van der Waals surface area contributed by atoms with Crippen molar-refractivity contribution in [2.45, 2.75) is 6.42 Å². The highest BCUT2D eigenvalue weighted by Gasteiger charge is 2.18. The average molecular weight is 430 g/mol. The molecule has 8 heteroatoms. The highest BCUT2D eigenvalue weighted by molar-refractivity contribution is 7.80. The fourth-order valence-corrected chi connectivity index (χ4v) is 3.40. The third kappa shape index (κ3) is 5.84. The van der Waals surface area contributed by atoms with Gasteiger partial charge in [-0.15, -0.1) is 0 Å². The first-order chi connectivity index (χ1) is 14.6. The van der Waals surface area contributed by atoms with Crippen LogP contribution in [0.25, 0.3) is 0 Å². The van der Waals surface area contributed by atoms with Crippen molar-refractivity contribution in [2.75, 3.05) is 52.4 Å². The maximum absolute atomic E-state index is 12.5. The number of benzene rings is 2. The third-order valence-electron chi connectivity index (χ3n) is 4.84. The smallest absolute Gasteiger partial charge is 0.254 e. The molecule has 0 spiro atoms. The molecule has 1 aliphatic heterocycles. The van der Waals surface area contributed by atoms with Crippen LogP contribution in [0.4, 0.5) is 5.69 Å². The zero-order chi connectivity index (χ0) is 21.3. The van der Waals surface area contributed by atoms with Crippen LogP contribution in [0.5, 0.6) is 11.5 Å². The van der Waals surface area contributed by atoms with Gasteiger partial charge in [0.1, 0.15) is 0 Å². The van der Waals surface area contributed by atoms with Gasteiger partial charge in [0.15, 0.2) is 16.6 Å². The second-order valence-electron chi connectivity index (χ2n) is 6.80. The molecule has 3 rings (SSSR count). The van der Waals surface area contributed by atoms with Gasteiger partial charge in [-0.05, 0) is 60.6 Å². The molecule has 0 radical (unpaired) electrons. The predicted molar refractivity (Wildman–Crippen MR) is 121 cm³/mol. The number of amides is 1. The average Bonchev–Trinajstić information content (AvgIpc) is 2.79. The van der Waals surface area contributed by atoms with Crippen molar-refractivity contribution in [1.82, 2.24) is 10.2 Å². The Balaban J connectivity index is 1.46. The fraction of sp³-hybridized carbons (Fsp3) is 0.364. The van der Waals surface area contributed by atoms with Crippen molar-refractivity contribution < 1.29 is 19.0 Å². The number of rotatable bonds is 7. The van der Waals surface area contributed by atoms with Crippen molar-refractivity contribution >= 4 is 28.9 Å². The van der Waals surface area contributed by atoms with E-state index in [1.54, 1.807) is 14.2 Å². The second kappa shape index (κ2) is 10.8. The monoisotopic (exact) mass is 429 g/mol. The molecule has 0 saturated carbocycles. The van der Waals surface area contributed by atoms with Crippen LogP contribution in [0.2, 0.25) is 0 Å². The zero-order valence-electron chi connectivity index (χ0n) is 17.3. The van der Waals surface area contributed by atoms with E-state index in [4.69, 9.17) is 26.4 Å². The summed E-state index contributed by atoms with van der Waals surface area (Å²) in [4.78, 5) is 14.3. The van der Waals surface area contributed by atoms with Gasteiger partial charge in [-0.25, -0.2) is 0 Å². The van der Waals surface area contributed by atoms with E-state index in [2.05, 4.69) is 10.6 Å². The van der Waals surface area contributed by atoms with Crippen molar-refractivity contribution in [3.8, 4) is 11.5 Å². The maximum Gasteiger partial charge on any atom is 0.254 e. The fourth-order valence-electron chi connectivity index (χ4n) is 3.18. The number of morpholine rings is 1. The van der Waals surface area contributed by atoms with Gasteiger partial charge in [-0.3, -0.25) is 4.79 Å². The van der Waals surface area contributed by atoms with Crippen LogP contribution in [0.15, 0.2) is 42.5 Å². The summed E-state index contributed by atoms with van der Waals surface area (Å²) in [5.41, 5.74) is 2.61. The molecular formula is C22H27N3O4S. The maximum atomic E-state index is 12.5. The number of carbonyl (C=O) groups is 1. The lowest BCUT2D eigenvalue weighted by Crippen LogP contribution is -2.40. The predicted octanol–water partition coefficient (Wildman–Crippen LogP) is 2.71. The van der Waals surface area contributed by atoms with Crippen LogP contribution in [-0.2, 0) is 11.2 Å². The van der Waals surface area contributed by atoms with Crippen LogP contribution >= 0.6 is 12.2 Å². The minimum absolute atomic E-state index is 0.0282. The molecule has 1 heterocycles. The molecule has 0 unspecified atom stereocenters. The first-order valence-corrected chi connectivity index (χ1v) is 10.2. The highest BCUT2D eigenvalue weighted by atomic mass is 32.1. The van der Waals surface area contributed by atoms with E-state index in [1.807, 2.05) is 47.4 Å². The van der Waals surface area contributed by atoms with Crippen LogP contribution in [0.3, 0.4) is 0 Å². The molecule has 1 saturated heterocycles. The summed E-state index contributed by atoms with van der Waals surface area (Å²) in [5, 5.41) is 6.87. The van der Waals surface area contributed by atoms with Gasteiger partial charge >= 0.3 is 0 Å². The summed E-state index contributed by atoms with van der Waals surface area (Å²) in [6, 6.07) is 13.2. The van der Waals surface area contributed by atoms with Gasteiger partial charge in [0.2, 0.25) is 0 Å². The van der Waals surface area contributed by atoms with E-state index in [0.29, 0.717) is 55.0 Å². The standard InChI is InChI=1S/C22H27N3O4S/c1-27-19-8-3-16(15-20(19)28-2)9-10-23-22(30)24-18-6-4-17(5-7-18)21(26)25-11-13-29-14-12-25/h3-8,15H,9-14H2,1-2H3,(H2,23,24,30). The Morgan fingerprint density at radius 2 is 1.77 bits per heavy atom. The largest absolute Gasteiger partial charge is 0.493 e. The van der Waals surface area contributed by atoms with Gasteiger partial charge in [-0.1, -0.05) is 6.07 Å². The number of methoxy groups -OCH3 is 2. The van der Waals surface area contributed by atoms with E-state index < -0.39 is 0 Å². The number of nitrogens with one attached hydrogen (secondary N) is 2. The number of carbonyl (C=O) groups excluding carboxylic acids is 1. The first-order valence-electron chi connectivity index (χ1n) is 9.83. The SMILES string of the molecule is COc1ccc(CCNC(=S)Nc2ccc(C(=O)N3CCOCC3)cc2)cc1OC. The molecule has 30 heavy (non-hydrogen) atoms. The molecule has 2 aromatic carbocycles. The minimum Gasteiger partial charge on any atom is -0.493 e. The number of nitrogens with zero attached hydrogens (tertiary/aromatic N) is 1. The summed E-state index contributed by atoms with van der Waals surface area (Å²) in [7, 11) is 3.24. The molecule has 0 bridgehead atoms. The number of hydrogen-bond acceptors (Lipinski definition) is 5. The summed E-state index contributed by atoms with van der Waals surface area (Å²) < 4.78 is 15.9. The first kappa shape index (κ1) is 21.9. The normalized spacial score (nSPS) is 13.5. The highest BCUT2D eigenvalue weighted by Crippen LogP contribution is 2.27. The van der Waals surface area contributed by atoms with E-state index in [9.17, 15) is 4.79 Å². The van der Waals surface area contributed by atoms with Gasteiger partial charge in [0.05, 0.1) is 27.4 Å². The quantitative estimate of drug-likeness (QED) is 0.656. The Morgan fingerprint density at radius 3 is 2.43 bits per heavy atom. The zero-order valence-corrected chi connectivity index (χ0v) is 18.1. The van der Waals surface area contributed by atoms with Crippen LogP contribution in [0, 0.1) is 0 Å². The van der Waals surface area contributed by atoms with Crippen LogP contribution in [0.1, 0.15) is 15.9 Å².